The van der Waals surface area contributed by atoms with Crippen LogP contribution in [0.2, 0.25) is 0 Å². The van der Waals surface area contributed by atoms with Crippen LogP contribution in [0.3, 0.4) is 0 Å². The SMILES string of the molecule is CC(C)C(CNC(=O)N1CCN(c2ccc([N+](=O)[O-])cc2)CC1)N1CCOCC1. The summed E-state index contributed by atoms with van der Waals surface area (Å²) in [5.41, 5.74) is 1.04. The average molecular weight is 405 g/mol. The Kier molecular flexibility index (Phi) is 7.27. The molecule has 1 aromatic rings. The number of hydrogen-bond acceptors (Lipinski definition) is 6. The molecule has 2 amide bonds. The molecule has 160 valence electrons. The summed E-state index contributed by atoms with van der Waals surface area (Å²) in [5.74, 6) is 0.451. The first-order valence-electron chi connectivity index (χ1n) is 10.3. The van der Waals surface area contributed by atoms with Crippen molar-refractivity contribution >= 4 is 17.4 Å². The lowest BCUT2D eigenvalue weighted by Gasteiger charge is -2.38. The van der Waals surface area contributed by atoms with Crippen molar-refractivity contribution in [2.75, 3.05) is 63.9 Å². The van der Waals surface area contributed by atoms with Gasteiger partial charge in [0, 0.05) is 69.7 Å². The van der Waals surface area contributed by atoms with Gasteiger partial charge in [0.25, 0.3) is 5.69 Å². The molecule has 29 heavy (non-hydrogen) atoms. The molecule has 0 saturated carbocycles. The summed E-state index contributed by atoms with van der Waals surface area (Å²) < 4.78 is 5.44. The Hall–Kier alpha value is -2.39. The van der Waals surface area contributed by atoms with Crippen molar-refractivity contribution in [3.8, 4) is 0 Å². The molecule has 3 rings (SSSR count). The smallest absolute Gasteiger partial charge is 0.317 e. The Bertz CT molecular complexity index is 683. The number of nitrogens with one attached hydrogen (secondary N) is 1. The molecule has 1 N–H and O–H groups in total. The zero-order valence-corrected chi connectivity index (χ0v) is 17.2. The second-order valence-electron chi connectivity index (χ2n) is 7.89. The lowest BCUT2D eigenvalue weighted by Crippen LogP contribution is -2.55. The number of urea groups is 1. The first-order valence-corrected chi connectivity index (χ1v) is 10.3. The molecule has 1 unspecified atom stereocenters. The van der Waals surface area contributed by atoms with Crippen molar-refractivity contribution in [1.82, 2.24) is 15.1 Å². The van der Waals surface area contributed by atoms with Gasteiger partial charge in [-0.2, -0.15) is 0 Å². The number of non-ortho nitro benzene ring substituents is 1. The quantitative estimate of drug-likeness (QED) is 0.573. The van der Waals surface area contributed by atoms with Crippen molar-refractivity contribution in [3.63, 3.8) is 0 Å². The number of rotatable bonds is 6. The summed E-state index contributed by atoms with van der Waals surface area (Å²) in [5, 5.41) is 13.9. The van der Waals surface area contributed by atoms with Crippen LogP contribution in [0.1, 0.15) is 13.8 Å². The number of nitro groups is 1. The molecule has 0 bridgehead atoms. The summed E-state index contributed by atoms with van der Waals surface area (Å²) in [4.78, 5) is 29.4. The minimum Gasteiger partial charge on any atom is -0.379 e. The van der Waals surface area contributed by atoms with Gasteiger partial charge in [-0.1, -0.05) is 13.8 Å². The summed E-state index contributed by atoms with van der Waals surface area (Å²) in [7, 11) is 0. The topological polar surface area (TPSA) is 91.2 Å². The van der Waals surface area contributed by atoms with Crippen molar-refractivity contribution in [1.29, 1.82) is 0 Å². The van der Waals surface area contributed by atoms with E-state index in [0.717, 1.165) is 32.0 Å². The van der Waals surface area contributed by atoms with Crippen LogP contribution in [0.25, 0.3) is 0 Å². The molecule has 1 atom stereocenters. The number of hydrogen-bond donors (Lipinski definition) is 1. The van der Waals surface area contributed by atoms with E-state index in [1.54, 1.807) is 12.1 Å². The fourth-order valence-electron chi connectivity index (χ4n) is 3.95. The minimum atomic E-state index is -0.395. The second-order valence-corrected chi connectivity index (χ2v) is 7.89. The molecule has 2 saturated heterocycles. The van der Waals surface area contributed by atoms with Crippen molar-refractivity contribution in [3.05, 3.63) is 34.4 Å². The molecule has 2 aliphatic rings. The molecule has 9 heteroatoms. The number of amides is 2. The maximum absolute atomic E-state index is 12.6. The van der Waals surface area contributed by atoms with Crippen LogP contribution < -0.4 is 10.2 Å². The largest absolute Gasteiger partial charge is 0.379 e. The van der Waals surface area contributed by atoms with Gasteiger partial charge >= 0.3 is 6.03 Å². The van der Waals surface area contributed by atoms with Crippen LogP contribution in [0.5, 0.6) is 0 Å². The van der Waals surface area contributed by atoms with E-state index < -0.39 is 4.92 Å². The van der Waals surface area contributed by atoms with Gasteiger partial charge in [-0.25, -0.2) is 4.79 Å². The summed E-state index contributed by atoms with van der Waals surface area (Å²) in [6.07, 6.45) is 0. The lowest BCUT2D eigenvalue weighted by atomic mass is 10.0. The fourth-order valence-corrected chi connectivity index (χ4v) is 3.95. The zero-order valence-electron chi connectivity index (χ0n) is 17.2. The van der Waals surface area contributed by atoms with Gasteiger partial charge in [0.15, 0.2) is 0 Å². The monoisotopic (exact) mass is 405 g/mol. The molecule has 2 aliphatic heterocycles. The van der Waals surface area contributed by atoms with Crippen LogP contribution in [0, 0.1) is 16.0 Å². The van der Waals surface area contributed by atoms with Crippen molar-refractivity contribution in [2.24, 2.45) is 5.92 Å². The summed E-state index contributed by atoms with van der Waals surface area (Å²) >= 11 is 0. The minimum absolute atomic E-state index is 0.0211. The van der Waals surface area contributed by atoms with Gasteiger partial charge in [0.2, 0.25) is 0 Å². The third kappa shape index (κ3) is 5.57. The number of benzene rings is 1. The third-order valence-corrected chi connectivity index (χ3v) is 5.74. The van der Waals surface area contributed by atoms with Gasteiger partial charge in [0.1, 0.15) is 0 Å². The Balaban J connectivity index is 1.47. The van der Waals surface area contributed by atoms with Crippen LogP contribution in [-0.2, 0) is 4.74 Å². The zero-order chi connectivity index (χ0) is 20.8. The Morgan fingerprint density at radius 3 is 2.28 bits per heavy atom. The highest BCUT2D eigenvalue weighted by molar-refractivity contribution is 5.74. The van der Waals surface area contributed by atoms with Crippen LogP contribution in [0.4, 0.5) is 16.2 Å². The standard InChI is InChI=1S/C20H31N5O4/c1-16(2)19(23-11-13-29-14-12-23)15-21-20(26)24-9-7-22(8-10-24)17-3-5-18(6-4-17)25(27)28/h3-6,16,19H,7-15H2,1-2H3,(H,21,26). The third-order valence-electron chi connectivity index (χ3n) is 5.74. The number of ether oxygens (including phenoxy) is 1. The highest BCUT2D eigenvalue weighted by Crippen LogP contribution is 2.20. The van der Waals surface area contributed by atoms with Crippen LogP contribution in [-0.4, -0.2) is 85.8 Å². The Labute approximate surface area is 171 Å². The van der Waals surface area contributed by atoms with E-state index in [1.807, 2.05) is 4.90 Å². The number of nitro benzene ring substituents is 1. The number of morpholine rings is 1. The molecule has 0 spiro atoms. The highest BCUT2D eigenvalue weighted by atomic mass is 16.6. The number of carbonyl (C=O) groups is 1. The molecule has 0 radical (unpaired) electrons. The fraction of sp³-hybridized carbons (Fsp3) is 0.650. The number of nitrogens with zero attached hydrogens (tertiary/aromatic N) is 4. The predicted octanol–water partition coefficient (Wildman–Crippen LogP) is 1.78. The Morgan fingerprint density at radius 1 is 1.10 bits per heavy atom. The van der Waals surface area contributed by atoms with Crippen molar-refractivity contribution < 1.29 is 14.5 Å². The predicted molar refractivity (Wildman–Crippen MR) is 111 cm³/mol. The molecule has 1 aromatic carbocycles. The highest BCUT2D eigenvalue weighted by Gasteiger charge is 2.26. The van der Waals surface area contributed by atoms with Gasteiger partial charge in [-0.15, -0.1) is 0 Å². The molecule has 9 nitrogen and oxygen atoms in total. The Morgan fingerprint density at radius 2 is 1.72 bits per heavy atom. The van der Waals surface area contributed by atoms with E-state index in [-0.39, 0.29) is 11.7 Å². The second kappa shape index (κ2) is 9.89. The molecule has 0 aromatic heterocycles. The van der Waals surface area contributed by atoms with E-state index in [4.69, 9.17) is 4.74 Å². The maximum atomic E-state index is 12.6. The van der Waals surface area contributed by atoms with Gasteiger partial charge in [-0.05, 0) is 18.1 Å². The van der Waals surface area contributed by atoms with Crippen LogP contribution in [0.15, 0.2) is 24.3 Å². The summed E-state index contributed by atoms with van der Waals surface area (Å²) in [6.45, 7) is 11.0. The molecule has 2 heterocycles. The van der Waals surface area contributed by atoms with E-state index in [0.29, 0.717) is 44.7 Å². The molecular weight excluding hydrogens is 374 g/mol. The maximum Gasteiger partial charge on any atom is 0.317 e. The molecule has 0 aliphatic carbocycles. The van der Waals surface area contributed by atoms with Crippen molar-refractivity contribution in [2.45, 2.75) is 19.9 Å². The van der Waals surface area contributed by atoms with E-state index in [9.17, 15) is 14.9 Å². The van der Waals surface area contributed by atoms with Gasteiger partial charge < -0.3 is 19.9 Å². The summed E-state index contributed by atoms with van der Waals surface area (Å²) in [6, 6.07) is 6.86. The van der Waals surface area contributed by atoms with Gasteiger partial charge in [0.05, 0.1) is 18.1 Å². The van der Waals surface area contributed by atoms with Gasteiger partial charge in [-0.3, -0.25) is 15.0 Å². The average Bonchev–Trinajstić information content (AvgIpc) is 2.74. The van der Waals surface area contributed by atoms with E-state index in [2.05, 4.69) is 29.0 Å². The first-order chi connectivity index (χ1) is 14.0. The number of carbonyl (C=O) groups excluding carboxylic acids is 1. The van der Waals surface area contributed by atoms with E-state index >= 15 is 0 Å². The lowest BCUT2D eigenvalue weighted by molar-refractivity contribution is -0.384. The first kappa shape index (κ1) is 21.3. The number of piperazine rings is 1. The molecular formula is C20H31N5O4. The normalized spacial score (nSPS) is 19.3. The van der Waals surface area contributed by atoms with E-state index in [1.165, 1.54) is 12.1 Å². The number of anilines is 1. The van der Waals surface area contributed by atoms with Crippen LogP contribution >= 0.6 is 0 Å². The molecule has 2 fully saturated rings.